The first-order chi connectivity index (χ1) is 8.58. The van der Waals surface area contributed by atoms with E-state index in [1.165, 1.54) is 23.5 Å². The minimum Gasteiger partial charge on any atom is -0.210 e. The maximum Gasteiger partial charge on any atom is 0.250 e. The molecule has 0 amide bonds. The van der Waals surface area contributed by atoms with E-state index in [2.05, 4.69) is 4.72 Å². The van der Waals surface area contributed by atoms with Crippen LogP contribution in [0.3, 0.4) is 0 Å². The third-order valence-corrected chi connectivity index (χ3v) is 5.21. The van der Waals surface area contributed by atoms with Gasteiger partial charge in [0.1, 0.15) is 10.0 Å². The zero-order chi connectivity index (χ0) is 13.0. The van der Waals surface area contributed by atoms with Crippen molar-refractivity contribution in [1.29, 1.82) is 0 Å². The van der Waals surface area contributed by atoms with Crippen LogP contribution in [0.15, 0.2) is 46.0 Å². The molecule has 0 atom stereocenters. The first-order valence-corrected chi connectivity index (χ1v) is 7.72. The summed E-state index contributed by atoms with van der Waals surface area (Å²) < 4.78 is 39.2. The van der Waals surface area contributed by atoms with Crippen molar-refractivity contribution in [2.24, 2.45) is 0 Å². The van der Waals surface area contributed by atoms with Gasteiger partial charge in [-0.05, 0) is 35.6 Å². The van der Waals surface area contributed by atoms with Crippen molar-refractivity contribution in [2.75, 3.05) is 6.54 Å². The van der Waals surface area contributed by atoms with Crippen LogP contribution in [0.25, 0.3) is 0 Å². The molecule has 0 aliphatic carbocycles. The highest BCUT2D eigenvalue weighted by atomic mass is 32.2. The predicted molar refractivity (Wildman–Crippen MR) is 69.6 cm³/mol. The van der Waals surface area contributed by atoms with Crippen LogP contribution in [0.2, 0.25) is 0 Å². The molecule has 1 heterocycles. The third kappa shape index (κ3) is 3.38. The highest BCUT2D eigenvalue weighted by molar-refractivity contribution is 7.91. The average molecular weight is 285 g/mol. The molecule has 0 radical (unpaired) electrons. The maximum atomic E-state index is 12.9. The standard InChI is InChI=1S/C12H12FNO2S2/c13-11-4-1-3-10(9-11)6-7-14-18(15,16)12-5-2-8-17-12/h1-5,8-9,14H,6-7H2. The normalized spacial score (nSPS) is 11.6. The number of hydrogen-bond donors (Lipinski definition) is 1. The van der Waals surface area contributed by atoms with Crippen molar-refractivity contribution in [3.05, 3.63) is 53.2 Å². The van der Waals surface area contributed by atoms with Crippen molar-refractivity contribution in [3.63, 3.8) is 0 Å². The minimum atomic E-state index is -3.42. The Morgan fingerprint density at radius 1 is 1.22 bits per heavy atom. The van der Waals surface area contributed by atoms with Gasteiger partial charge in [-0.15, -0.1) is 11.3 Å². The zero-order valence-corrected chi connectivity index (χ0v) is 11.1. The SMILES string of the molecule is O=S(=O)(NCCc1cccc(F)c1)c1cccs1. The molecule has 3 nitrogen and oxygen atoms in total. The van der Waals surface area contributed by atoms with Crippen LogP contribution in [0.4, 0.5) is 4.39 Å². The van der Waals surface area contributed by atoms with Crippen LogP contribution in [-0.4, -0.2) is 15.0 Å². The van der Waals surface area contributed by atoms with Crippen LogP contribution < -0.4 is 4.72 Å². The molecule has 0 aliphatic heterocycles. The van der Waals surface area contributed by atoms with Crippen LogP contribution >= 0.6 is 11.3 Å². The number of rotatable bonds is 5. The second-order valence-corrected chi connectivity index (χ2v) is 6.65. The fraction of sp³-hybridized carbons (Fsp3) is 0.167. The molecule has 0 saturated heterocycles. The maximum absolute atomic E-state index is 12.9. The van der Waals surface area contributed by atoms with E-state index < -0.39 is 10.0 Å². The summed E-state index contributed by atoms with van der Waals surface area (Å²) in [6.07, 6.45) is 0.461. The molecule has 6 heteroatoms. The molecule has 18 heavy (non-hydrogen) atoms. The fourth-order valence-electron chi connectivity index (χ4n) is 1.51. The topological polar surface area (TPSA) is 46.2 Å². The first-order valence-electron chi connectivity index (χ1n) is 5.35. The van der Waals surface area contributed by atoms with E-state index in [9.17, 15) is 12.8 Å². The van der Waals surface area contributed by atoms with Crippen molar-refractivity contribution >= 4 is 21.4 Å². The number of halogens is 1. The monoisotopic (exact) mass is 285 g/mol. The Morgan fingerprint density at radius 2 is 2.06 bits per heavy atom. The second-order valence-electron chi connectivity index (χ2n) is 3.71. The lowest BCUT2D eigenvalue weighted by Crippen LogP contribution is -2.25. The Balaban J connectivity index is 1.93. The fourth-order valence-corrected chi connectivity index (χ4v) is 3.58. The molecule has 96 valence electrons. The molecule has 0 saturated carbocycles. The van der Waals surface area contributed by atoms with Crippen LogP contribution in [0, 0.1) is 5.82 Å². The summed E-state index contributed by atoms with van der Waals surface area (Å²) in [5.74, 6) is -0.311. The zero-order valence-electron chi connectivity index (χ0n) is 9.47. The summed E-state index contributed by atoms with van der Waals surface area (Å²) in [6, 6.07) is 9.38. The summed E-state index contributed by atoms with van der Waals surface area (Å²) in [6.45, 7) is 0.254. The summed E-state index contributed by atoms with van der Waals surface area (Å²) in [4.78, 5) is 0. The summed E-state index contributed by atoms with van der Waals surface area (Å²) in [5, 5.41) is 1.71. The Labute approximate surface area is 109 Å². The Hall–Kier alpha value is -1.24. The molecule has 1 aromatic heterocycles. The Bertz CT molecular complexity index is 609. The van der Waals surface area contributed by atoms with E-state index in [1.54, 1.807) is 29.6 Å². The van der Waals surface area contributed by atoms with Gasteiger partial charge in [0.15, 0.2) is 0 Å². The van der Waals surface area contributed by atoms with Crippen molar-refractivity contribution in [2.45, 2.75) is 10.6 Å². The lowest BCUT2D eigenvalue weighted by Gasteiger charge is -2.04. The van der Waals surface area contributed by atoms with Gasteiger partial charge < -0.3 is 0 Å². The molecule has 0 bridgehead atoms. The van der Waals surface area contributed by atoms with Crippen LogP contribution in [0.1, 0.15) is 5.56 Å². The third-order valence-electron chi connectivity index (χ3n) is 2.35. The number of thiophene rings is 1. The van der Waals surface area contributed by atoms with E-state index in [1.807, 2.05) is 0 Å². The largest absolute Gasteiger partial charge is 0.250 e. The molecule has 1 N–H and O–H groups in total. The highest BCUT2D eigenvalue weighted by Crippen LogP contribution is 2.15. The van der Waals surface area contributed by atoms with Crippen molar-refractivity contribution in [1.82, 2.24) is 4.72 Å². The second kappa shape index (κ2) is 5.60. The number of hydrogen-bond acceptors (Lipinski definition) is 3. The van der Waals surface area contributed by atoms with Gasteiger partial charge in [0.05, 0.1) is 0 Å². The molecule has 1 aromatic carbocycles. The van der Waals surface area contributed by atoms with Gasteiger partial charge in [-0.2, -0.15) is 0 Å². The number of sulfonamides is 1. The lowest BCUT2D eigenvalue weighted by atomic mass is 10.1. The van der Waals surface area contributed by atoms with Gasteiger partial charge in [0.2, 0.25) is 10.0 Å². The van der Waals surface area contributed by atoms with Crippen molar-refractivity contribution in [3.8, 4) is 0 Å². The molecule has 0 fully saturated rings. The Kier molecular flexibility index (Phi) is 4.11. The number of nitrogens with one attached hydrogen (secondary N) is 1. The molecular formula is C12H12FNO2S2. The van der Waals surface area contributed by atoms with Crippen molar-refractivity contribution < 1.29 is 12.8 Å². The van der Waals surface area contributed by atoms with E-state index in [4.69, 9.17) is 0 Å². The summed E-state index contributed by atoms with van der Waals surface area (Å²) in [7, 11) is -3.42. The molecule has 2 aromatic rings. The molecule has 0 aliphatic rings. The van der Waals surface area contributed by atoms with E-state index >= 15 is 0 Å². The van der Waals surface area contributed by atoms with Gasteiger partial charge in [-0.25, -0.2) is 17.5 Å². The van der Waals surface area contributed by atoms with Gasteiger partial charge in [0.25, 0.3) is 0 Å². The molecule has 2 rings (SSSR count). The average Bonchev–Trinajstić information content (AvgIpc) is 2.83. The Morgan fingerprint density at radius 3 is 2.72 bits per heavy atom. The highest BCUT2D eigenvalue weighted by Gasteiger charge is 2.13. The van der Waals surface area contributed by atoms with Gasteiger partial charge in [-0.3, -0.25) is 0 Å². The minimum absolute atomic E-state index is 0.254. The van der Waals surface area contributed by atoms with Gasteiger partial charge in [0, 0.05) is 6.54 Å². The van der Waals surface area contributed by atoms with Crippen LogP contribution in [-0.2, 0) is 16.4 Å². The van der Waals surface area contributed by atoms with E-state index in [-0.39, 0.29) is 12.4 Å². The quantitative estimate of drug-likeness (QED) is 0.917. The molecular weight excluding hydrogens is 273 g/mol. The van der Waals surface area contributed by atoms with E-state index in [0.29, 0.717) is 10.6 Å². The smallest absolute Gasteiger partial charge is 0.210 e. The first kappa shape index (κ1) is 13.2. The predicted octanol–water partition coefficient (Wildman–Crippen LogP) is 2.41. The molecule has 0 unspecified atom stereocenters. The van der Waals surface area contributed by atoms with E-state index in [0.717, 1.165) is 5.56 Å². The van der Waals surface area contributed by atoms with Gasteiger partial charge >= 0.3 is 0 Å². The molecule has 0 spiro atoms. The number of benzene rings is 1. The van der Waals surface area contributed by atoms with Gasteiger partial charge in [-0.1, -0.05) is 18.2 Å². The summed E-state index contributed by atoms with van der Waals surface area (Å²) in [5.41, 5.74) is 0.767. The summed E-state index contributed by atoms with van der Waals surface area (Å²) >= 11 is 1.17. The lowest BCUT2D eigenvalue weighted by molar-refractivity contribution is 0.583. The van der Waals surface area contributed by atoms with Crippen LogP contribution in [0.5, 0.6) is 0 Å².